The molecule has 4 saturated carbocycles. The van der Waals surface area contributed by atoms with Gasteiger partial charge in [0.2, 0.25) is 0 Å². The summed E-state index contributed by atoms with van der Waals surface area (Å²) in [6.45, 7) is 14.5. The third kappa shape index (κ3) is 5.27. The van der Waals surface area contributed by atoms with Gasteiger partial charge in [0, 0.05) is 17.5 Å². The fourth-order valence-corrected chi connectivity index (χ4v) is 11.0. The Hall–Kier alpha value is -2.15. The van der Waals surface area contributed by atoms with Gasteiger partial charge >= 0.3 is 11.9 Å². The van der Waals surface area contributed by atoms with Crippen LogP contribution in [0.5, 0.6) is 0 Å². The minimum absolute atomic E-state index is 0.0118. The Morgan fingerprint density at radius 3 is 2.20 bits per heavy atom. The number of aliphatic hydroxyl groups excluding tert-OH is 2. The summed E-state index contributed by atoms with van der Waals surface area (Å²) in [4.78, 5) is 25.6. The molecule has 2 unspecified atom stereocenters. The number of hydrogen-bond donors (Lipinski definition) is 3. The van der Waals surface area contributed by atoms with Crippen LogP contribution in [-0.4, -0.2) is 45.6 Å². The van der Waals surface area contributed by atoms with Crippen molar-refractivity contribution in [1.82, 2.24) is 0 Å². The molecule has 44 heavy (non-hydrogen) atoms. The van der Waals surface area contributed by atoms with Crippen molar-refractivity contribution in [2.45, 2.75) is 118 Å². The number of carboxylic acid groups (broad SMARTS) is 1. The molecule has 4 fully saturated rings. The monoisotopic (exact) mass is 626 g/mol. The fourth-order valence-electron chi connectivity index (χ4n) is 10.9. The fraction of sp³-hybridized carbons (Fsp3) is 0.676. The summed E-state index contributed by atoms with van der Waals surface area (Å²) in [6.07, 6.45) is 3.71. The first-order chi connectivity index (χ1) is 20.5. The third-order valence-electron chi connectivity index (χ3n) is 13.0. The van der Waals surface area contributed by atoms with E-state index < -0.39 is 24.1 Å². The molecule has 0 bridgehead atoms. The van der Waals surface area contributed by atoms with Crippen LogP contribution in [0.3, 0.4) is 0 Å². The van der Waals surface area contributed by atoms with Gasteiger partial charge in [-0.3, -0.25) is 4.79 Å². The topological polar surface area (TPSA) is 104 Å². The van der Waals surface area contributed by atoms with E-state index in [2.05, 4.69) is 27.7 Å². The molecule has 0 spiro atoms. The Labute approximate surface area is 267 Å². The number of benzene rings is 1. The van der Waals surface area contributed by atoms with Crippen LogP contribution in [0.2, 0.25) is 5.02 Å². The molecule has 0 radical (unpaired) electrons. The number of hydrogen-bond acceptors (Lipinski definition) is 5. The van der Waals surface area contributed by atoms with E-state index in [-0.39, 0.29) is 40.1 Å². The van der Waals surface area contributed by atoms with E-state index in [1.165, 1.54) is 6.92 Å². The number of esters is 1. The van der Waals surface area contributed by atoms with Crippen molar-refractivity contribution < 1.29 is 29.6 Å². The van der Waals surface area contributed by atoms with Gasteiger partial charge in [-0.05, 0) is 134 Å². The molecule has 0 aromatic heterocycles. The third-order valence-corrected chi connectivity index (χ3v) is 13.3. The molecule has 4 aliphatic carbocycles. The molecule has 1 aromatic carbocycles. The summed E-state index contributed by atoms with van der Waals surface area (Å²) in [5, 5.41) is 34.2. The van der Waals surface area contributed by atoms with Gasteiger partial charge in [0.1, 0.15) is 6.10 Å². The number of allylic oxidation sites excluding steroid dienone is 2. The van der Waals surface area contributed by atoms with Crippen LogP contribution in [0.25, 0.3) is 5.57 Å². The SMILES string of the molecule is CC(=O)O[C@H]1C[C@@]2(C)C(C[C@@H](O)[C@H]3[C@@]4(C)CC[C@@H](O)[C@@H](C)C4CC[C@@]32C)/C1=C(\CCC(=C(C)C)c1ccc(Cl)cc1)C(=O)O. The van der Waals surface area contributed by atoms with Crippen molar-refractivity contribution in [2.24, 2.45) is 39.9 Å². The van der Waals surface area contributed by atoms with Crippen molar-refractivity contribution in [3.63, 3.8) is 0 Å². The van der Waals surface area contributed by atoms with Crippen LogP contribution in [0, 0.1) is 39.9 Å². The Kier molecular flexibility index (Phi) is 8.98. The molecule has 0 aliphatic heterocycles. The van der Waals surface area contributed by atoms with Crippen molar-refractivity contribution in [2.75, 3.05) is 0 Å². The van der Waals surface area contributed by atoms with Crippen LogP contribution in [0.15, 0.2) is 41.0 Å². The van der Waals surface area contributed by atoms with Crippen LogP contribution in [0.4, 0.5) is 0 Å². The molecule has 3 N–H and O–H groups in total. The van der Waals surface area contributed by atoms with Crippen LogP contribution >= 0.6 is 11.6 Å². The van der Waals surface area contributed by atoms with Crippen LogP contribution in [-0.2, 0) is 14.3 Å². The van der Waals surface area contributed by atoms with E-state index in [0.29, 0.717) is 47.8 Å². The highest BCUT2D eigenvalue weighted by Gasteiger charge is 2.70. The Morgan fingerprint density at radius 1 is 0.955 bits per heavy atom. The molecule has 0 heterocycles. The number of ether oxygens (including phenoxy) is 1. The number of aliphatic carboxylic acids is 1. The summed E-state index contributed by atoms with van der Waals surface area (Å²) in [7, 11) is 0. The standard InChI is InChI=1S/C37H51ClO6/c1-20(2)25(23-8-10-24(38)11-9-23)12-13-26(34(42)43)32-28-18-30(41)33-35(5)16-15-29(40)21(3)27(35)14-17-36(33,6)37(28,7)19-31(32)44-22(4)39/h8-11,21,27-31,33,40-41H,12-19H2,1-7H3,(H,42,43)/b32-26-/t21-,27?,28?,29+,30+,31-,33-,35-,36-,37-/m0/s1. The van der Waals surface area contributed by atoms with Gasteiger partial charge in [-0.25, -0.2) is 4.79 Å². The van der Waals surface area contributed by atoms with Crippen molar-refractivity contribution in [3.8, 4) is 0 Å². The average Bonchev–Trinajstić information content (AvgIpc) is 3.20. The van der Waals surface area contributed by atoms with Crippen LogP contribution in [0.1, 0.15) is 105 Å². The van der Waals surface area contributed by atoms with Gasteiger partial charge in [-0.1, -0.05) is 57.0 Å². The zero-order chi connectivity index (χ0) is 32.4. The zero-order valence-corrected chi connectivity index (χ0v) is 28.2. The normalized spacial score (nSPS) is 40.7. The lowest BCUT2D eigenvalue weighted by atomic mass is 9.36. The quantitative estimate of drug-likeness (QED) is 0.219. The van der Waals surface area contributed by atoms with Gasteiger partial charge in [-0.2, -0.15) is 0 Å². The summed E-state index contributed by atoms with van der Waals surface area (Å²) in [5.74, 6) is -1.11. The first-order valence-electron chi connectivity index (χ1n) is 16.5. The lowest BCUT2D eigenvalue weighted by molar-refractivity contribution is -0.234. The molecule has 10 atom stereocenters. The maximum absolute atomic E-state index is 13.1. The number of carboxylic acids is 1. The van der Waals surface area contributed by atoms with Crippen molar-refractivity contribution in [1.29, 1.82) is 0 Å². The second kappa shape index (κ2) is 11.9. The maximum atomic E-state index is 13.1. The Balaban J connectivity index is 1.57. The molecule has 4 aliphatic rings. The Bertz CT molecular complexity index is 1360. The minimum atomic E-state index is -0.988. The average molecular weight is 627 g/mol. The number of halogens is 1. The van der Waals surface area contributed by atoms with Gasteiger partial charge < -0.3 is 20.1 Å². The smallest absolute Gasteiger partial charge is 0.331 e. The lowest BCUT2D eigenvalue weighted by Crippen LogP contribution is -2.65. The lowest BCUT2D eigenvalue weighted by Gasteiger charge is -2.69. The van der Waals surface area contributed by atoms with Gasteiger partial charge in [-0.15, -0.1) is 0 Å². The van der Waals surface area contributed by atoms with Crippen molar-refractivity contribution in [3.05, 3.63) is 51.6 Å². The van der Waals surface area contributed by atoms with E-state index in [0.717, 1.165) is 42.4 Å². The van der Waals surface area contributed by atoms with Crippen LogP contribution < -0.4 is 0 Å². The zero-order valence-electron chi connectivity index (χ0n) is 27.5. The van der Waals surface area contributed by atoms with Crippen molar-refractivity contribution >= 4 is 29.1 Å². The predicted molar refractivity (Wildman–Crippen MR) is 173 cm³/mol. The number of aliphatic hydroxyl groups is 2. The largest absolute Gasteiger partial charge is 0.478 e. The number of rotatable bonds is 6. The molecular weight excluding hydrogens is 576 g/mol. The van der Waals surface area contributed by atoms with E-state index in [9.17, 15) is 24.9 Å². The van der Waals surface area contributed by atoms with E-state index in [1.807, 2.05) is 38.1 Å². The van der Waals surface area contributed by atoms with E-state index >= 15 is 0 Å². The predicted octanol–water partition coefficient (Wildman–Crippen LogP) is 7.85. The minimum Gasteiger partial charge on any atom is -0.478 e. The summed E-state index contributed by atoms with van der Waals surface area (Å²) in [6, 6.07) is 7.62. The Morgan fingerprint density at radius 2 is 1.61 bits per heavy atom. The molecule has 7 heteroatoms. The second-order valence-electron chi connectivity index (χ2n) is 15.3. The number of fused-ring (bicyclic) bond motifs is 5. The highest BCUT2D eigenvalue weighted by Crippen LogP contribution is 2.74. The molecular formula is C37H51ClO6. The molecule has 0 saturated heterocycles. The molecule has 5 rings (SSSR count). The molecule has 242 valence electrons. The first kappa shape index (κ1) is 33.2. The van der Waals surface area contributed by atoms with Gasteiger partial charge in [0.15, 0.2) is 0 Å². The van der Waals surface area contributed by atoms with E-state index in [4.69, 9.17) is 16.3 Å². The number of carbonyl (C=O) groups excluding carboxylic acids is 1. The van der Waals surface area contributed by atoms with E-state index in [1.54, 1.807) is 0 Å². The summed E-state index contributed by atoms with van der Waals surface area (Å²) >= 11 is 6.14. The second-order valence-corrected chi connectivity index (χ2v) is 15.7. The molecule has 1 aromatic rings. The van der Waals surface area contributed by atoms with Gasteiger partial charge in [0.25, 0.3) is 0 Å². The maximum Gasteiger partial charge on any atom is 0.331 e. The summed E-state index contributed by atoms with van der Waals surface area (Å²) < 4.78 is 5.99. The highest BCUT2D eigenvalue weighted by molar-refractivity contribution is 6.30. The highest BCUT2D eigenvalue weighted by atomic mass is 35.5. The first-order valence-corrected chi connectivity index (χ1v) is 16.8. The molecule has 0 amide bonds. The number of carbonyl (C=O) groups is 2. The molecule has 6 nitrogen and oxygen atoms in total. The van der Waals surface area contributed by atoms with Gasteiger partial charge in [0.05, 0.1) is 12.2 Å². The summed E-state index contributed by atoms with van der Waals surface area (Å²) in [5.41, 5.74) is 3.40.